The van der Waals surface area contributed by atoms with E-state index in [1.807, 2.05) is 30.3 Å². The van der Waals surface area contributed by atoms with Crippen LogP contribution in [0.2, 0.25) is 0 Å². The number of hydrogen-bond donors (Lipinski definition) is 2. The largest absolute Gasteiger partial charge is 0.440 e. The zero-order chi connectivity index (χ0) is 14.8. The van der Waals surface area contributed by atoms with Crippen molar-refractivity contribution in [1.82, 2.24) is 15.6 Å². The van der Waals surface area contributed by atoms with Gasteiger partial charge in [0.05, 0.1) is 0 Å². The number of carbonyl (C=O) groups excluding carboxylic acids is 1. The SMILES string of the molecule is Cc1nc(C(=O)N[C@@H]2CCN[C@H]2C)c(-c2ccccc2)o1. The molecule has 1 aromatic heterocycles. The summed E-state index contributed by atoms with van der Waals surface area (Å²) in [6, 6.07) is 10.0. The Labute approximate surface area is 123 Å². The average molecular weight is 285 g/mol. The molecule has 2 aromatic rings. The summed E-state index contributed by atoms with van der Waals surface area (Å²) < 4.78 is 5.63. The molecule has 2 N–H and O–H groups in total. The van der Waals surface area contributed by atoms with Gasteiger partial charge in [-0.25, -0.2) is 4.98 Å². The molecule has 1 fully saturated rings. The molecular weight excluding hydrogens is 266 g/mol. The fourth-order valence-electron chi connectivity index (χ4n) is 2.66. The average Bonchev–Trinajstić information content (AvgIpc) is 3.06. The summed E-state index contributed by atoms with van der Waals surface area (Å²) in [6.07, 6.45) is 0.935. The van der Waals surface area contributed by atoms with Gasteiger partial charge < -0.3 is 15.1 Å². The van der Waals surface area contributed by atoms with Gasteiger partial charge in [-0.05, 0) is 19.9 Å². The first-order valence-electron chi connectivity index (χ1n) is 7.22. The number of hydrogen-bond acceptors (Lipinski definition) is 4. The van der Waals surface area contributed by atoms with Crippen molar-refractivity contribution >= 4 is 5.91 Å². The maximum Gasteiger partial charge on any atom is 0.274 e. The predicted octanol–water partition coefficient (Wildman–Crippen LogP) is 2.13. The Bertz CT molecular complexity index is 636. The van der Waals surface area contributed by atoms with E-state index in [0.717, 1.165) is 18.5 Å². The van der Waals surface area contributed by atoms with Crippen molar-refractivity contribution in [2.45, 2.75) is 32.4 Å². The smallest absolute Gasteiger partial charge is 0.274 e. The molecule has 0 saturated carbocycles. The summed E-state index contributed by atoms with van der Waals surface area (Å²) >= 11 is 0. The standard InChI is InChI=1S/C16H19N3O2/c1-10-13(8-9-17-10)19-16(20)14-15(21-11(2)18-14)12-6-4-3-5-7-12/h3-7,10,13,17H,8-9H2,1-2H3,(H,19,20)/t10-,13+/m0/s1. The zero-order valence-electron chi connectivity index (χ0n) is 12.2. The maximum absolute atomic E-state index is 12.5. The lowest BCUT2D eigenvalue weighted by molar-refractivity contribution is 0.0930. The molecule has 21 heavy (non-hydrogen) atoms. The summed E-state index contributed by atoms with van der Waals surface area (Å²) in [5, 5.41) is 6.36. The van der Waals surface area contributed by atoms with Gasteiger partial charge in [0.25, 0.3) is 5.91 Å². The van der Waals surface area contributed by atoms with E-state index in [0.29, 0.717) is 17.3 Å². The van der Waals surface area contributed by atoms with Gasteiger partial charge in [0, 0.05) is 24.6 Å². The minimum Gasteiger partial charge on any atom is -0.440 e. The molecule has 3 rings (SSSR count). The quantitative estimate of drug-likeness (QED) is 0.906. The van der Waals surface area contributed by atoms with Crippen LogP contribution in [0.15, 0.2) is 34.7 Å². The van der Waals surface area contributed by atoms with Crippen LogP contribution in [0.3, 0.4) is 0 Å². The Morgan fingerprint density at radius 1 is 1.38 bits per heavy atom. The second-order valence-corrected chi connectivity index (χ2v) is 5.39. The van der Waals surface area contributed by atoms with E-state index in [9.17, 15) is 4.79 Å². The Balaban J connectivity index is 1.86. The van der Waals surface area contributed by atoms with Crippen LogP contribution in [0.5, 0.6) is 0 Å². The molecule has 0 aliphatic carbocycles. The van der Waals surface area contributed by atoms with Crippen molar-refractivity contribution in [2.75, 3.05) is 6.54 Å². The van der Waals surface area contributed by atoms with E-state index in [1.54, 1.807) is 6.92 Å². The lowest BCUT2D eigenvalue weighted by Gasteiger charge is -2.16. The Kier molecular flexibility index (Phi) is 3.75. The predicted molar refractivity (Wildman–Crippen MR) is 80.0 cm³/mol. The number of carbonyl (C=O) groups is 1. The van der Waals surface area contributed by atoms with Gasteiger partial charge in [-0.2, -0.15) is 0 Å². The topological polar surface area (TPSA) is 67.2 Å². The van der Waals surface area contributed by atoms with Crippen molar-refractivity contribution in [3.63, 3.8) is 0 Å². The van der Waals surface area contributed by atoms with Crippen LogP contribution in [0.25, 0.3) is 11.3 Å². The van der Waals surface area contributed by atoms with Crippen LogP contribution in [-0.4, -0.2) is 29.5 Å². The zero-order valence-corrected chi connectivity index (χ0v) is 12.2. The van der Waals surface area contributed by atoms with Gasteiger partial charge in [-0.1, -0.05) is 30.3 Å². The molecule has 1 aliphatic rings. The maximum atomic E-state index is 12.5. The van der Waals surface area contributed by atoms with Crippen molar-refractivity contribution in [2.24, 2.45) is 0 Å². The van der Waals surface area contributed by atoms with E-state index in [-0.39, 0.29) is 18.0 Å². The van der Waals surface area contributed by atoms with Gasteiger partial charge in [0.15, 0.2) is 17.3 Å². The summed E-state index contributed by atoms with van der Waals surface area (Å²) in [4.78, 5) is 16.7. The molecule has 0 unspecified atom stereocenters. The minimum absolute atomic E-state index is 0.137. The number of nitrogens with one attached hydrogen (secondary N) is 2. The minimum atomic E-state index is -0.175. The van der Waals surface area contributed by atoms with Crippen LogP contribution in [-0.2, 0) is 0 Å². The molecule has 1 aromatic carbocycles. The number of rotatable bonds is 3. The normalized spacial score (nSPS) is 21.4. The van der Waals surface area contributed by atoms with E-state index < -0.39 is 0 Å². The molecule has 1 aliphatic heterocycles. The second kappa shape index (κ2) is 5.69. The van der Waals surface area contributed by atoms with Crippen LogP contribution >= 0.6 is 0 Å². The first kappa shape index (κ1) is 13.8. The van der Waals surface area contributed by atoms with Crippen molar-refractivity contribution in [3.05, 3.63) is 41.9 Å². The van der Waals surface area contributed by atoms with Crippen LogP contribution in [0.4, 0.5) is 0 Å². The van der Waals surface area contributed by atoms with E-state index in [4.69, 9.17) is 4.42 Å². The van der Waals surface area contributed by atoms with Gasteiger partial charge >= 0.3 is 0 Å². The molecule has 5 heteroatoms. The number of amides is 1. The Hall–Kier alpha value is -2.14. The molecule has 2 heterocycles. The first-order chi connectivity index (χ1) is 10.1. The van der Waals surface area contributed by atoms with Gasteiger partial charge in [-0.15, -0.1) is 0 Å². The highest BCUT2D eigenvalue weighted by Gasteiger charge is 2.27. The summed E-state index contributed by atoms with van der Waals surface area (Å²) in [5.41, 5.74) is 1.22. The van der Waals surface area contributed by atoms with E-state index >= 15 is 0 Å². The summed E-state index contributed by atoms with van der Waals surface area (Å²) in [7, 11) is 0. The fraction of sp³-hybridized carbons (Fsp3) is 0.375. The molecule has 110 valence electrons. The van der Waals surface area contributed by atoms with Crippen LogP contribution in [0, 0.1) is 6.92 Å². The number of aryl methyl sites for hydroxylation is 1. The third-order valence-corrected chi connectivity index (χ3v) is 3.83. The van der Waals surface area contributed by atoms with Crippen molar-refractivity contribution in [3.8, 4) is 11.3 Å². The van der Waals surface area contributed by atoms with Gasteiger partial charge in [0.2, 0.25) is 0 Å². The number of oxazole rings is 1. The van der Waals surface area contributed by atoms with Gasteiger partial charge in [0.1, 0.15) is 0 Å². The number of aromatic nitrogens is 1. The lowest BCUT2D eigenvalue weighted by atomic mass is 10.1. The Morgan fingerprint density at radius 2 is 2.14 bits per heavy atom. The highest BCUT2D eigenvalue weighted by molar-refractivity contribution is 5.97. The number of benzene rings is 1. The molecular formula is C16H19N3O2. The van der Waals surface area contributed by atoms with Crippen LogP contribution < -0.4 is 10.6 Å². The monoisotopic (exact) mass is 285 g/mol. The molecule has 0 bridgehead atoms. The molecule has 1 saturated heterocycles. The molecule has 0 spiro atoms. The second-order valence-electron chi connectivity index (χ2n) is 5.39. The highest BCUT2D eigenvalue weighted by Crippen LogP contribution is 2.24. The fourth-order valence-corrected chi connectivity index (χ4v) is 2.66. The van der Waals surface area contributed by atoms with E-state index in [2.05, 4.69) is 22.5 Å². The molecule has 5 nitrogen and oxygen atoms in total. The van der Waals surface area contributed by atoms with Gasteiger partial charge in [-0.3, -0.25) is 4.79 Å². The van der Waals surface area contributed by atoms with Crippen molar-refractivity contribution < 1.29 is 9.21 Å². The molecule has 1 amide bonds. The summed E-state index contributed by atoms with van der Waals surface area (Å²) in [5.74, 6) is 0.854. The third-order valence-electron chi connectivity index (χ3n) is 3.83. The Morgan fingerprint density at radius 3 is 2.81 bits per heavy atom. The summed E-state index contributed by atoms with van der Waals surface area (Å²) in [6.45, 7) is 4.75. The lowest BCUT2D eigenvalue weighted by Crippen LogP contribution is -2.42. The first-order valence-corrected chi connectivity index (χ1v) is 7.22. The third kappa shape index (κ3) is 2.83. The molecule has 0 radical (unpaired) electrons. The van der Waals surface area contributed by atoms with Crippen LogP contribution in [0.1, 0.15) is 29.7 Å². The number of nitrogens with zero attached hydrogens (tertiary/aromatic N) is 1. The highest BCUT2D eigenvalue weighted by atomic mass is 16.4. The molecule has 2 atom stereocenters. The van der Waals surface area contributed by atoms with E-state index in [1.165, 1.54) is 0 Å². The van der Waals surface area contributed by atoms with Crippen molar-refractivity contribution in [1.29, 1.82) is 0 Å².